The Morgan fingerprint density at radius 3 is 1.94 bits per heavy atom. The van der Waals surface area contributed by atoms with Crippen LogP contribution in [0.3, 0.4) is 0 Å². The fourth-order valence-electron chi connectivity index (χ4n) is 1.93. The SMILES string of the molecule is Clc1cc(Cl)cc(CC(Cl)Cc2ccccc2)c1. The molecule has 1 atom stereocenters. The summed E-state index contributed by atoms with van der Waals surface area (Å²) in [6.07, 6.45) is 1.60. The van der Waals surface area contributed by atoms with Gasteiger partial charge in [-0.15, -0.1) is 11.6 Å². The lowest BCUT2D eigenvalue weighted by molar-refractivity contribution is 0.831. The summed E-state index contributed by atoms with van der Waals surface area (Å²) in [5, 5.41) is 1.35. The largest absolute Gasteiger partial charge is 0.122 e. The summed E-state index contributed by atoms with van der Waals surface area (Å²) in [5.74, 6) is 0. The van der Waals surface area contributed by atoms with E-state index in [4.69, 9.17) is 34.8 Å². The minimum absolute atomic E-state index is 0.0435. The topological polar surface area (TPSA) is 0 Å². The van der Waals surface area contributed by atoms with Gasteiger partial charge in [-0.05, 0) is 42.2 Å². The quantitative estimate of drug-likeness (QED) is 0.664. The van der Waals surface area contributed by atoms with E-state index in [9.17, 15) is 0 Å². The molecule has 0 fully saturated rings. The summed E-state index contributed by atoms with van der Waals surface area (Å²) in [5.41, 5.74) is 2.31. The molecule has 2 aromatic rings. The van der Waals surface area contributed by atoms with Crippen LogP contribution in [0.4, 0.5) is 0 Å². The van der Waals surface area contributed by atoms with Crippen molar-refractivity contribution < 1.29 is 0 Å². The molecule has 0 bridgehead atoms. The lowest BCUT2D eigenvalue weighted by Gasteiger charge is -2.10. The van der Waals surface area contributed by atoms with Crippen molar-refractivity contribution in [2.24, 2.45) is 0 Å². The molecule has 1 unspecified atom stereocenters. The first kappa shape index (κ1) is 13.7. The van der Waals surface area contributed by atoms with Gasteiger partial charge < -0.3 is 0 Å². The van der Waals surface area contributed by atoms with Gasteiger partial charge in [0.1, 0.15) is 0 Å². The van der Waals surface area contributed by atoms with Crippen LogP contribution in [0.5, 0.6) is 0 Å². The van der Waals surface area contributed by atoms with Gasteiger partial charge >= 0.3 is 0 Å². The number of hydrogen-bond donors (Lipinski definition) is 0. The van der Waals surface area contributed by atoms with E-state index >= 15 is 0 Å². The third-order valence-corrected chi connectivity index (χ3v) is 3.42. The molecule has 0 aliphatic rings. The van der Waals surface area contributed by atoms with Gasteiger partial charge in [0, 0.05) is 15.4 Å². The molecule has 2 aromatic carbocycles. The molecule has 0 nitrogen and oxygen atoms in total. The van der Waals surface area contributed by atoms with E-state index in [-0.39, 0.29) is 5.38 Å². The van der Waals surface area contributed by atoms with Crippen molar-refractivity contribution in [3.8, 4) is 0 Å². The molecule has 0 saturated heterocycles. The van der Waals surface area contributed by atoms with E-state index in [0.717, 1.165) is 18.4 Å². The zero-order valence-corrected chi connectivity index (χ0v) is 12.0. The molecular weight excluding hydrogens is 287 g/mol. The predicted molar refractivity (Wildman–Crippen MR) is 80.0 cm³/mol. The van der Waals surface area contributed by atoms with Crippen LogP contribution in [0.2, 0.25) is 10.0 Å². The van der Waals surface area contributed by atoms with Crippen LogP contribution in [-0.4, -0.2) is 5.38 Å². The fourth-order valence-corrected chi connectivity index (χ4v) is 2.85. The Morgan fingerprint density at radius 1 is 0.778 bits per heavy atom. The molecule has 18 heavy (non-hydrogen) atoms. The molecule has 0 heterocycles. The normalized spacial score (nSPS) is 12.4. The van der Waals surface area contributed by atoms with Gasteiger partial charge in [-0.1, -0.05) is 53.5 Å². The molecule has 0 spiro atoms. The maximum absolute atomic E-state index is 6.37. The lowest BCUT2D eigenvalue weighted by atomic mass is 10.0. The first-order chi connectivity index (χ1) is 8.63. The number of hydrogen-bond acceptors (Lipinski definition) is 0. The van der Waals surface area contributed by atoms with E-state index in [0.29, 0.717) is 10.0 Å². The Morgan fingerprint density at radius 2 is 1.33 bits per heavy atom. The summed E-state index contributed by atoms with van der Waals surface area (Å²) < 4.78 is 0. The van der Waals surface area contributed by atoms with Crippen LogP contribution in [-0.2, 0) is 12.8 Å². The van der Waals surface area contributed by atoms with Gasteiger partial charge in [0.25, 0.3) is 0 Å². The fraction of sp³-hybridized carbons (Fsp3) is 0.200. The lowest BCUT2D eigenvalue weighted by Crippen LogP contribution is -2.07. The van der Waals surface area contributed by atoms with Gasteiger partial charge in [0.05, 0.1) is 0 Å². The van der Waals surface area contributed by atoms with E-state index in [1.165, 1.54) is 5.56 Å². The highest BCUT2D eigenvalue weighted by atomic mass is 35.5. The van der Waals surface area contributed by atoms with Crippen molar-refractivity contribution in [3.63, 3.8) is 0 Å². The zero-order valence-electron chi connectivity index (χ0n) is 9.74. The van der Waals surface area contributed by atoms with Gasteiger partial charge in [-0.2, -0.15) is 0 Å². The second kappa shape index (κ2) is 6.47. The van der Waals surface area contributed by atoms with E-state index < -0.39 is 0 Å². The number of benzene rings is 2. The summed E-state index contributed by atoms with van der Waals surface area (Å²) in [6, 6.07) is 15.8. The maximum Gasteiger partial charge on any atom is 0.0423 e. The highest BCUT2D eigenvalue weighted by Crippen LogP contribution is 2.22. The van der Waals surface area contributed by atoms with Crippen LogP contribution in [0.15, 0.2) is 48.5 Å². The van der Waals surface area contributed by atoms with Crippen LogP contribution in [0.25, 0.3) is 0 Å². The van der Waals surface area contributed by atoms with E-state index in [2.05, 4.69) is 12.1 Å². The van der Waals surface area contributed by atoms with Crippen molar-refractivity contribution in [2.45, 2.75) is 18.2 Å². The van der Waals surface area contributed by atoms with Crippen molar-refractivity contribution in [1.29, 1.82) is 0 Å². The standard InChI is InChI=1S/C15H13Cl3/c16-13(6-11-4-2-1-3-5-11)7-12-8-14(17)10-15(18)9-12/h1-5,8-10,13H,6-7H2. The minimum Gasteiger partial charge on any atom is -0.122 e. The molecule has 0 aliphatic carbocycles. The molecule has 0 radical (unpaired) electrons. The van der Waals surface area contributed by atoms with Crippen molar-refractivity contribution in [3.05, 3.63) is 69.7 Å². The summed E-state index contributed by atoms with van der Waals surface area (Å²) in [7, 11) is 0. The van der Waals surface area contributed by atoms with E-state index in [1.54, 1.807) is 6.07 Å². The van der Waals surface area contributed by atoms with Crippen molar-refractivity contribution in [1.82, 2.24) is 0 Å². The number of halogens is 3. The Kier molecular flexibility index (Phi) is 4.94. The molecule has 0 saturated carbocycles. The summed E-state index contributed by atoms with van der Waals surface area (Å²) in [6.45, 7) is 0. The number of rotatable bonds is 4. The molecule has 2 rings (SSSR count). The summed E-state index contributed by atoms with van der Waals surface area (Å²) in [4.78, 5) is 0. The van der Waals surface area contributed by atoms with E-state index in [1.807, 2.05) is 30.3 Å². The molecule has 0 aliphatic heterocycles. The first-order valence-corrected chi connectivity index (χ1v) is 6.95. The van der Waals surface area contributed by atoms with Crippen LogP contribution in [0.1, 0.15) is 11.1 Å². The van der Waals surface area contributed by atoms with Gasteiger partial charge in [-0.25, -0.2) is 0 Å². The van der Waals surface area contributed by atoms with Crippen molar-refractivity contribution >= 4 is 34.8 Å². The second-order valence-corrected chi connectivity index (χ2v) is 5.76. The second-order valence-electron chi connectivity index (χ2n) is 4.27. The van der Waals surface area contributed by atoms with Crippen LogP contribution < -0.4 is 0 Å². The van der Waals surface area contributed by atoms with Gasteiger partial charge in [0.15, 0.2) is 0 Å². The Hall–Kier alpha value is -0.690. The molecule has 0 amide bonds. The Bertz CT molecular complexity index is 488. The number of alkyl halides is 1. The van der Waals surface area contributed by atoms with Crippen molar-refractivity contribution in [2.75, 3.05) is 0 Å². The molecule has 0 aromatic heterocycles. The average molecular weight is 300 g/mol. The Labute approximate surface area is 122 Å². The predicted octanol–water partition coefficient (Wildman–Crippen LogP) is 5.39. The van der Waals surface area contributed by atoms with Crippen LogP contribution >= 0.6 is 34.8 Å². The minimum atomic E-state index is 0.0435. The smallest absolute Gasteiger partial charge is 0.0423 e. The summed E-state index contributed by atoms with van der Waals surface area (Å²) >= 11 is 18.3. The van der Waals surface area contributed by atoms with Gasteiger partial charge in [0.2, 0.25) is 0 Å². The average Bonchev–Trinajstić information content (AvgIpc) is 2.28. The monoisotopic (exact) mass is 298 g/mol. The molecule has 94 valence electrons. The maximum atomic E-state index is 6.37. The third kappa shape index (κ3) is 4.20. The Balaban J connectivity index is 2.01. The van der Waals surface area contributed by atoms with Gasteiger partial charge in [-0.3, -0.25) is 0 Å². The first-order valence-electron chi connectivity index (χ1n) is 5.76. The third-order valence-electron chi connectivity index (χ3n) is 2.68. The van der Waals surface area contributed by atoms with Crippen LogP contribution in [0, 0.1) is 0 Å². The highest BCUT2D eigenvalue weighted by Gasteiger charge is 2.08. The zero-order chi connectivity index (χ0) is 13.0. The molecular formula is C15H13Cl3. The highest BCUT2D eigenvalue weighted by molar-refractivity contribution is 6.34. The molecule has 0 N–H and O–H groups in total. The molecule has 3 heteroatoms.